The highest BCUT2D eigenvalue weighted by molar-refractivity contribution is 6.30. The van der Waals surface area contributed by atoms with E-state index in [4.69, 9.17) is 11.6 Å². The van der Waals surface area contributed by atoms with Gasteiger partial charge >= 0.3 is 0 Å². The van der Waals surface area contributed by atoms with E-state index in [1.807, 2.05) is 6.92 Å². The molecule has 1 atom stereocenters. The number of nitrogens with one attached hydrogen (secondary N) is 1. The van der Waals surface area contributed by atoms with Gasteiger partial charge in [0.1, 0.15) is 5.82 Å². The summed E-state index contributed by atoms with van der Waals surface area (Å²) in [6.07, 6.45) is 0. The summed E-state index contributed by atoms with van der Waals surface area (Å²) >= 11 is 5.61. The standard InChI is InChI=1S/C10H11ClFNO/c1-6(13-7(2)14)8-3-4-10(12)9(11)5-8/h3-6H,1-2H3,(H,13,14). The summed E-state index contributed by atoms with van der Waals surface area (Å²) in [4.78, 5) is 10.8. The fourth-order valence-corrected chi connectivity index (χ4v) is 1.36. The Morgan fingerprint density at radius 1 is 1.57 bits per heavy atom. The van der Waals surface area contributed by atoms with E-state index >= 15 is 0 Å². The maximum absolute atomic E-state index is 12.8. The molecule has 1 amide bonds. The van der Waals surface area contributed by atoms with Crippen LogP contribution in [0.4, 0.5) is 4.39 Å². The van der Waals surface area contributed by atoms with Gasteiger partial charge in [-0.05, 0) is 24.6 Å². The molecule has 2 nitrogen and oxygen atoms in total. The highest BCUT2D eigenvalue weighted by Gasteiger charge is 2.08. The quantitative estimate of drug-likeness (QED) is 0.808. The Kier molecular flexibility index (Phi) is 3.47. The van der Waals surface area contributed by atoms with Crippen LogP contribution in [0.1, 0.15) is 25.5 Å². The minimum atomic E-state index is -0.453. The molecule has 14 heavy (non-hydrogen) atoms. The number of rotatable bonds is 2. The number of carbonyl (C=O) groups is 1. The van der Waals surface area contributed by atoms with Crippen LogP contribution in [0.15, 0.2) is 18.2 Å². The molecular formula is C10H11ClFNO. The van der Waals surface area contributed by atoms with Gasteiger partial charge in [0.15, 0.2) is 0 Å². The van der Waals surface area contributed by atoms with Gasteiger partial charge in [-0.15, -0.1) is 0 Å². The van der Waals surface area contributed by atoms with Gasteiger partial charge in [0.05, 0.1) is 11.1 Å². The summed E-state index contributed by atoms with van der Waals surface area (Å²) < 4.78 is 12.8. The van der Waals surface area contributed by atoms with Crippen LogP contribution in [0.2, 0.25) is 5.02 Å². The maximum Gasteiger partial charge on any atom is 0.217 e. The number of hydrogen-bond acceptors (Lipinski definition) is 1. The topological polar surface area (TPSA) is 29.1 Å². The van der Waals surface area contributed by atoms with Crippen molar-refractivity contribution >= 4 is 17.5 Å². The molecule has 0 saturated carbocycles. The molecule has 1 N–H and O–H groups in total. The van der Waals surface area contributed by atoms with E-state index in [0.717, 1.165) is 5.56 Å². The Bertz CT molecular complexity index is 354. The van der Waals surface area contributed by atoms with Crippen LogP contribution >= 0.6 is 11.6 Å². The Balaban J connectivity index is 2.85. The van der Waals surface area contributed by atoms with Gasteiger partial charge in [-0.1, -0.05) is 17.7 Å². The van der Waals surface area contributed by atoms with E-state index < -0.39 is 5.82 Å². The lowest BCUT2D eigenvalue weighted by atomic mass is 10.1. The zero-order valence-electron chi connectivity index (χ0n) is 7.97. The van der Waals surface area contributed by atoms with Gasteiger partial charge in [-0.3, -0.25) is 4.79 Å². The monoisotopic (exact) mass is 215 g/mol. The molecule has 0 spiro atoms. The van der Waals surface area contributed by atoms with E-state index in [-0.39, 0.29) is 17.0 Å². The SMILES string of the molecule is CC(=O)NC(C)c1ccc(F)c(Cl)c1. The highest BCUT2D eigenvalue weighted by atomic mass is 35.5. The van der Waals surface area contributed by atoms with Crippen molar-refractivity contribution in [2.75, 3.05) is 0 Å². The summed E-state index contributed by atoms with van der Waals surface area (Å²) in [7, 11) is 0. The summed E-state index contributed by atoms with van der Waals surface area (Å²) in [6, 6.07) is 4.24. The summed E-state index contributed by atoms with van der Waals surface area (Å²) in [5, 5.41) is 2.75. The number of hydrogen-bond donors (Lipinski definition) is 1. The smallest absolute Gasteiger partial charge is 0.217 e. The molecule has 0 fully saturated rings. The molecular weight excluding hydrogens is 205 g/mol. The third kappa shape index (κ3) is 2.70. The molecule has 0 radical (unpaired) electrons. The second-order valence-corrected chi connectivity index (χ2v) is 3.50. The first-order chi connectivity index (χ1) is 6.50. The molecule has 1 rings (SSSR count). The first-order valence-electron chi connectivity index (χ1n) is 4.22. The molecule has 1 aromatic carbocycles. The van der Waals surface area contributed by atoms with Crippen molar-refractivity contribution in [2.45, 2.75) is 19.9 Å². The Morgan fingerprint density at radius 2 is 2.21 bits per heavy atom. The normalized spacial score (nSPS) is 12.3. The second-order valence-electron chi connectivity index (χ2n) is 3.10. The fraction of sp³-hybridized carbons (Fsp3) is 0.300. The van der Waals surface area contributed by atoms with Crippen molar-refractivity contribution < 1.29 is 9.18 Å². The lowest BCUT2D eigenvalue weighted by Gasteiger charge is -2.12. The minimum absolute atomic E-state index is 0.0692. The number of benzene rings is 1. The van der Waals surface area contributed by atoms with Crippen LogP contribution in [0.5, 0.6) is 0 Å². The molecule has 1 aromatic rings. The lowest BCUT2D eigenvalue weighted by molar-refractivity contribution is -0.119. The van der Waals surface area contributed by atoms with Crippen molar-refractivity contribution in [1.29, 1.82) is 0 Å². The van der Waals surface area contributed by atoms with Crippen molar-refractivity contribution in [2.24, 2.45) is 0 Å². The van der Waals surface area contributed by atoms with Crippen molar-refractivity contribution in [3.8, 4) is 0 Å². The Labute approximate surface area is 87.1 Å². The van der Waals surface area contributed by atoms with E-state index in [0.29, 0.717) is 0 Å². The molecule has 1 unspecified atom stereocenters. The van der Waals surface area contributed by atoms with Crippen LogP contribution in [0.3, 0.4) is 0 Å². The van der Waals surface area contributed by atoms with Crippen molar-refractivity contribution in [1.82, 2.24) is 5.32 Å². The number of carbonyl (C=O) groups excluding carboxylic acids is 1. The summed E-state index contributed by atoms with van der Waals surface area (Å²) in [5.74, 6) is -0.580. The predicted molar refractivity (Wildman–Crippen MR) is 53.6 cm³/mol. The Hall–Kier alpha value is -1.09. The first-order valence-corrected chi connectivity index (χ1v) is 4.60. The van der Waals surface area contributed by atoms with Crippen molar-refractivity contribution in [3.05, 3.63) is 34.6 Å². The van der Waals surface area contributed by atoms with Crippen LogP contribution in [-0.4, -0.2) is 5.91 Å². The van der Waals surface area contributed by atoms with Crippen LogP contribution in [0.25, 0.3) is 0 Å². The average Bonchev–Trinajstić information content (AvgIpc) is 2.08. The molecule has 0 aliphatic rings. The fourth-order valence-electron chi connectivity index (χ4n) is 1.17. The van der Waals surface area contributed by atoms with Crippen LogP contribution in [0, 0.1) is 5.82 Å². The summed E-state index contributed by atoms with van der Waals surface area (Å²) in [5.41, 5.74) is 0.784. The zero-order valence-corrected chi connectivity index (χ0v) is 8.73. The third-order valence-corrected chi connectivity index (χ3v) is 2.15. The zero-order chi connectivity index (χ0) is 10.7. The molecule has 0 bridgehead atoms. The molecule has 0 aliphatic heterocycles. The predicted octanol–water partition coefficient (Wildman–Crippen LogP) is 2.68. The number of amides is 1. The van der Waals surface area contributed by atoms with Gasteiger partial charge in [0.2, 0.25) is 5.91 Å². The van der Waals surface area contributed by atoms with Crippen LogP contribution < -0.4 is 5.32 Å². The third-order valence-electron chi connectivity index (χ3n) is 1.86. The first kappa shape index (κ1) is 11.0. The highest BCUT2D eigenvalue weighted by Crippen LogP contribution is 2.20. The van der Waals surface area contributed by atoms with E-state index in [2.05, 4.69) is 5.32 Å². The molecule has 4 heteroatoms. The van der Waals surface area contributed by atoms with Crippen molar-refractivity contribution in [3.63, 3.8) is 0 Å². The van der Waals surface area contributed by atoms with Gasteiger partial charge in [-0.2, -0.15) is 0 Å². The van der Waals surface area contributed by atoms with E-state index in [9.17, 15) is 9.18 Å². The average molecular weight is 216 g/mol. The van der Waals surface area contributed by atoms with Gasteiger partial charge in [0.25, 0.3) is 0 Å². The lowest BCUT2D eigenvalue weighted by Crippen LogP contribution is -2.23. The van der Waals surface area contributed by atoms with Gasteiger partial charge < -0.3 is 5.32 Å². The second kappa shape index (κ2) is 4.42. The number of halogens is 2. The molecule has 0 heterocycles. The molecule has 0 aliphatic carbocycles. The van der Waals surface area contributed by atoms with Gasteiger partial charge in [-0.25, -0.2) is 4.39 Å². The summed E-state index contributed by atoms with van der Waals surface area (Å²) in [6.45, 7) is 3.24. The minimum Gasteiger partial charge on any atom is -0.350 e. The molecule has 0 aromatic heterocycles. The van der Waals surface area contributed by atoms with Gasteiger partial charge in [0, 0.05) is 6.92 Å². The van der Waals surface area contributed by atoms with E-state index in [1.165, 1.54) is 19.1 Å². The Morgan fingerprint density at radius 3 is 2.71 bits per heavy atom. The molecule has 76 valence electrons. The van der Waals surface area contributed by atoms with Crippen LogP contribution in [-0.2, 0) is 4.79 Å². The maximum atomic E-state index is 12.8. The van der Waals surface area contributed by atoms with E-state index in [1.54, 1.807) is 6.07 Å². The largest absolute Gasteiger partial charge is 0.350 e. The molecule has 0 saturated heterocycles.